The topological polar surface area (TPSA) is 41.4 Å². The number of amides is 1. The van der Waals surface area contributed by atoms with Crippen LogP contribution in [0.4, 0.5) is 0 Å². The molecule has 0 spiro atoms. The summed E-state index contributed by atoms with van der Waals surface area (Å²) in [6.45, 7) is 7.44. The number of carbonyl (C=O) groups is 1. The van der Waals surface area contributed by atoms with Gasteiger partial charge in [0.2, 0.25) is 0 Å². The van der Waals surface area contributed by atoms with Crippen LogP contribution in [0.2, 0.25) is 0 Å². The maximum atomic E-state index is 12.8. The molecule has 0 unspecified atom stereocenters. The molecule has 6 heteroatoms. The first-order chi connectivity index (χ1) is 11.7. The van der Waals surface area contributed by atoms with Crippen LogP contribution in [0.5, 0.6) is 0 Å². The Morgan fingerprint density at radius 1 is 1.17 bits per heavy atom. The van der Waals surface area contributed by atoms with Crippen molar-refractivity contribution < 1.29 is 4.79 Å². The van der Waals surface area contributed by atoms with E-state index in [-0.39, 0.29) is 5.91 Å². The molecule has 1 aromatic carbocycles. The van der Waals surface area contributed by atoms with E-state index in [4.69, 9.17) is 0 Å². The summed E-state index contributed by atoms with van der Waals surface area (Å²) >= 11 is 1.63. The molecule has 1 amide bonds. The molecular formula is C18H24N4OS. The third-order valence-corrected chi connectivity index (χ3v) is 5.37. The van der Waals surface area contributed by atoms with Gasteiger partial charge >= 0.3 is 0 Å². The van der Waals surface area contributed by atoms with Gasteiger partial charge in [0.05, 0.1) is 5.56 Å². The number of piperazine rings is 1. The third kappa shape index (κ3) is 3.82. The molecule has 0 saturated carbocycles. The van der Waals surface area contributed by atoms with Crippen molar-refractivity contribution in [1.82, 2.24) is 19.4 Å². The van der Waals surface area contributed by atoms with Crippen molar-refractivity contribution in [3.05, 3.63) is 48.0 Å². The van der Waals surface area contributed by atoms with Crippen LogP contribution in [0.25, 0.3) is 0 Å². The summed E-state index contributed by atoms with van der Waals surface area (Å²) < 4.78 is 2.17. The fourth-order valence-electron chi connectivity index (χ4n) is 3.06. The van der Waals surface area contributed by atoms with Crippen LogP contribution in [-0.2, 0) is 6.54 Å². The van der Waals surface area contributed by atoms with E-state index in [0.717, 1.165) is 55.6 Å². The summed E-state index contributed by atoms with van der Waals surface area (Å²) in [5.41, 5.74) is 0.826. The van der Waals surface area contributed by atoms with Crippen LogP contribution in [-0.4, -0.2) is 64.2 Å². The molecule has 1 fully saturated rings. The first kappa shape index (κ1) is 17.0. The van der Waals surface area contributed by atoms with Crippen LogP contribution >= 0.6 is 11.8 Å². The van der Waals surface area contributed by atoms with Gasteiger partial charge in [-0.1, -0.05) is 12.1 Å². The zero-order valence-electron chi connectivity index (χ0n) is 14.3. The lowest BCUT2D eigenvalue weighted by molar-refractivity contribution is 0.0629. The van der Waals surface area contributed by atoms with E-state index in [0.29, 0.717) is 0 Å². The van der Waals surface area contributed by atoms with Gasteiger partial charge < -0.3 is 9.47 Å². The number of thioether (sulfide) groups is 1. The third-order valence-electron chi connectivity index (χ3n) is 4.58. The van der Waals surface area contributed by atoms with E-state index in [9.17, 15) is 4.79 Å². The highest BCUT2D eigenvalue weighted by Crippen LogP contribution is 2.21. The average Bonchev–Trinajstić information content (AvgIpc) is 3.04. The molecule has 3 rings (SSSR count). The first-order valence-electron chi connectivity index (χ1n) is 8.31. The summed E-state index contributed by atoms with van der Waals surface area (Å²) in [6, 6.07) is 7.87. The predicted molar refractivity (Wildman–Crippen MR) is 97.5 cm³/mol. The summed E-state index contributed by atoms with van der Waals surface area (Å²) in [6.07, 6.45) is 5.88. The highest BCUT2D eigenvalue weighted by atomic mass is 32.2. The van der Waals surface area contributed by atoms with Gasteiger partial charge in [0.1, 0.15) is 5.82 Å². The van der Waals surface area contributed by atoms with Crippen LogP contribution < -0.4 is 0 Å². The Bertz CT molecular complexity index is 692. The molecular weight excluding hydrogens is 320 g/mol. The second-order valence-electron chi connectivity index (χ2n) is 6.00. The zero-order valence-corrected chi connectivity index (χ0v) is 15.1. The van der Waals surface area contributed by atoms with Crippen molar-refractivity contribution in [2.45, 2.75) is 18.4 Å². The maximum absolute atomic E-state index is 12.8. The lowest BCUT2D eigenvalue weighted by Gasteiger charge is -2.35. The Kier molecular flexibility index (Phi) is 5.58. The van der Waals surface area contributed by atoms with Gasteiger partial charge in [0.15, 0.2) is 0 Å². The highest BCUT2D eigenvalue weighted by Gasteiger charge is 2.23. The number of imidazole rings is 1. The second-order valence-corrected chi connectivity index (χ2v) is 6.85. The van der Waals surface area contributed by atoms with Crippen LogP contribution in [0, 0.1) is 6.92 Å². The first-order valence-corrected chi connectivity index (χ1v) is 9.54. The van der Waals surface area contributed by atoms with Crippen molar-refractivity contribution >= 4 is 17.7 Å². The molecule has 2 aromatic rings. The smallest absolute Gasteiger partial charge is 0.255 e. The number of nitrogens with zero attached hydrogens (tertiary/aromatic N) is 4. The number of rotatable bonds is 5. The zero-order chi connectivity index (χ0) is 16.9. The molecule has 1 aliphatic rings. The lowest BCUT2D eigenvalue weighted by atomic mass is 10.2. The standard InChI is InChI=1S/C18H24N4OS/c1-15-19-7-8-21(15)12-9-20-10-13-22(14-11-20)18(23)16-5-3-4-6-17(16)24-2/h3-8H,9-14H2,1-2H3. The minimum Gasteiger partial charge on any atom is -0.336 e. The summed E-state index contributed by atoms with van der Waals surface area (Å²) in [7, 11) is 0. The monoisotopic (exact) mass is 344 g/mol. The quantitative estimate of drug-likeness (QED) is 0.781. The van der Waals surface area contributed by atoms with E-state index in [2.05, 4.69) is 14.5 Å². The minimum absolute atomic E-state index is 0.157. The molecule has 1 aromatic heterocycles. The van der Waals surface area contributed by atoms with Gasteiger partial charge in [-0.15, -0.1) is 11.8 Å². The largest absolute Gasteiger partial charge is 0.336 e. The molecule has 2 heterocycles. The number of hydrogen-bond acceptors (Lipinski definition) is 4. The number of aromatic nitrogens is 2. The molecule has 0 atom stereocenters. The highest BCUT2D eigenvalue weighted by molar-refractivity contribution is 7.98. The predicted octanol–water partition coefficient (Wildman–Crippen LogP) is 2.37. The Morgan fingerprint density at radius 3 is 2.58 bits per heavy atom. The number of carbonyl (C=O) groups excluding carboxylic acids is 1. The van der Waals surface area contributed by atoms with E-state index >= 15 is 0 Å². The Balaban J connectivity index is 1.53. The maximum Gasteiger partial charge on any atom is 0.255 e. The van der Waals surface area contributed by atoms with E-state index in [1.54, 1.807) is 11.8 Å². The molecule has 1 aliphatic heterocycles. The Morgan fingerprint density at radius 2 is 1.92 bits per heavy atom. The molecule has 24 heavy (non-hydrogen) atoms. The fraction of sp³-hybridized carbons (Fsp3) is 0.444. The van der Waals surface area contributed by atoms with Gasteiger partial charge in [-0.2, -0.15) is 0 Å². The molecule has 128 valence electrons. The van der Waals surface area contributed by atoms with E-state index in [1.165, 1.54) is 0 Å². The van der Waals surface area contributed by atoms with Gasteiger partial charge in [0, 0.05) is 56.6 Å². The Labute approximate surface area is 147 Å². The van der Waals surface area contributed by atoms with Crippen LogP contribution in [0.15, 0.2) is 41.6 Å². The molecule has 0 N–H and O–H groups in total. The Hall–Kier alpha value is -1.79. The minimum atomic E-state index is 0.157. The van der Waals surface area contributed by atoms with Gasteiger partial charge in [-0.25, -0.2) is 4.98 Å². The van der Waals surface area contributed by atoms with E-state index in [1.807, 2.05) is 54.7 Å². The van der Waals surface area contributed by atoms with Gasteiger partial charge in [0.25, 0.3) is 5.91 Å². The molecule has 0 aliphatic carbocycles. The summed E-state index contributed by atoms with van der Waals surface area (Å²) in [5.74, 6) is 1.21. The number of aryl methyl sites for hydroxylation is 1. The summed E-state index contributed by atoms with van der Waals surface area (Å²) in [4.78, 5) is 22.5. The van der Waals surface area contributed by atoms with Gasteiger partial charge in [-0.05, 0) is 25.3 Å². The second kappa shape index (κ2) is 7.85. The van der Waals surface area contributed by atoms with Crippen molar-refractivity contribution in [3.8, 4) is 0 Å². The molecule has 5 nitrogen and oxygen atoms in total. The average molecular weight is 344 g/mol. The van der Waals surface area contributed by atoms with Crippen molar-refractivity contribution in [3.63, 3.8) is 0 Å². The number of benzene rings is 1. The normalized spacial score (nSPS) is 15.7. The molecule has 0 bridgehead atoms. The molecule has 1 saturated heterocycles. The van der Waals surface area contributed by atoms with Crippen LogP contribution in [0.1, 0.15) is 16.2 Å². The lowest BCUT2D eigenvalue weighted by Crippen LogP contribution is -2.49. The van der Waals surface area contributed by atoms with Crippen molar-refractivity contribution in [2.24, 2.45) is 0 Å². The summed E-state index contributed by atoms with van der Waals surface area (Å²) in [5, 5.41) is 0. The van der Waals surface area contributed by atoms with E-state index < -0.39 is 0 Å². The fourth-order valence-corrected chi connectivity index (χ4v) is 3.65. The SMILES string of the molecule is CSc1ccccc1C(=O)N1CCN(CCn2ccnc2C)CC1. The number of hydrogen-bond donors (Lipinski definition) is 0. The van der Waals surface area contributed by atoms with Crippen molar-refractivity contribution in [2.75, 3.05) is 39.0 Å². The van der Waals surface area contributed by atoms with Crippen molar-refractivity contribution in [1.29, 1.82) is 0 Å². The van der Waals surface area contributed by atoms with Crippen LogP contribution in [0.3, 0.4) is 0 Å². The van der Waals surface area contributed by atoms with Gasteiger partial charge in [-0.3, -0.25) is 9.69 Å². The molecule has 0 radical (unpaired) electrons.